The van der Waals surface area contributed by atoms with Gasteiger partial charge in [0.1, 0.15) is 0 Å². The number of hydrogen-bond acceptors (Lipinski definition) is 6. The Hall–Kier alpha value is -1.71. The van der Waals surface area contributed by atoms with Crippen molar-refractivity contribution in [3.63, 3.8) is 0 Å². The zero-order valence-corrected chi connectivity index (χ0v) is 38.4. The lowest BCUT2D eigenvalue weighted by molar-refractivity contribution is -0.940. The molecule has 0 aliphatic heterocycles. The molecule has 0 saturated carbocycles. The van der Waals surface area contributed by atoms with Crippen molar-refractivity contribution in [2.45, 2.75) is 238 Å². The van der Waals surface area contributed by atoms with Crippen molar-refractivity contribution in [3.05, 3.63) is 0 Å². The van der Waals surface area contributed by atoms with Gasteiger partial charge in [-0.15, -0.1) is 0 Å². The maximum Gasteiger partial charge on any atom is 0.0819 e. The van der Waals surface area contributed by atoms with Crippen LogP contribution < -0.4 is 30.0 Å². The fourth-order valence-electron chi connectivity index (χ4n) is 6.22. The van der Waals surface area contributed by atoms with Crippen molar-refractivity contribution in [3.8, 4) is 0 Å². The Bertz CT molecular complexity index is 686. The molecule has 0 aromatic carbocycles. The third kappa shape index (κ3) is 50.4. The molecule has 0 fully saturated rings. The number of aliphatic carboxylic acids is 3. The summed E-state index contributed by atoms with van der Waals surface area (Å²) in [6, 6.07) is 4.64. The molecular formula is C43H95N3O6. The van der Waals surface area contributed by atoms with E-state index in [0.29, 0.717) is 0 Å². The number of carboxylic acids is 3. The molecule has 1 unspecified atom stereocenters. The van der Waals surface area contributed by atoms with Gasteiger partial charge in [0.05, 0.1) is 55.9 Å². The second-order valence-electron chi connectivity index (χ2n) is 15.7. The van der Waals surface area contributed by atoms with E-state index in [1.165, 1.54) is 19.6 Å². The van der Waals surface area contributed by atoms with Crippen LogP contribution in [0.1, 0.15) is 202 Å². The Labute approximate surface area is 325 Å². The molecule has 0 spiro atoms. The molecule has 1 atom stereocenters. The Morgan fingerprint density at radius 3 is 0.788 bits per heavy atom. The van der Waals surface area contributed by atoms with Crippen molar-refractivity contribution in [1.82, 2.24) is 0 Å². The van der Waals surface area contributed by atoms with Gasteiger partial charge in [-0.1, -0.05) is 66.2 Å². The monoisotopic (exact) mass is 750 g/mol. The lowest BCUT2D eigenvalue weighted by Crippen LogP contribution is -3.17. The maximum absolute atomic E-state index is 9.98. The molecule has 0 rings (SSSR count). The van der Waals surface area contributed by atoms with Crippen LogP contribution in [0.2, 0.25) is 0 Å². The number of quaternary nitrogens is 3. The summed E-state index contributed by atoms with van der Waals surface area (Å²) in [6.45, 7) is 45.5. The Balaban J connectivity index is -0.000000122. The van der Waals surface area contributed by atoms with Crippen LogP contribution in [0.4, 0.5) is 0 Å². The molecule has 0 aliphatic rings. The van der Waals surface area contributed by atoms with Crippen LogP contribution in [0.3, 0.4) is 0 Å². The second-order valence-corrected chi connectivity index (χ2v) is 15.7. The minimum atomic E-state index is -0.938. The van der Waals surface area contributed by atoms with Gasteiger partial charge in [0, 0.05) is 17.9 Å². The number of nitrogens with one attached hydrogen (secondary N) is 3. The number of hydrogen-bond donors (Lipinski definition) is 3. The van der Waals surface area contributed by atoms with Crippen molar-refractivity contribution in [2.75, 3.05) is 19.6 Å². The van der Waals surface area contributed by atoms with Crippen molar-refractivity contribution in [1.29, 1.82) is 0 Å². The standard InChI is InChI=1S/3C8H19N.C7H14O2.2C6H12O2/c3*1-6-9(7(2)3)8(4)5;1-2-3-4-5-6-7(8)9;1-3-4-5(2)6(7)8;1-2-3-4-5-6(7)8/h3*7-8H,6H2,1-5H3;2-6H2,1H3,(H,8,9);5H,3-4H2,1-2H3,(H,7,8);2-5H2,1H3,(H,7,8). The van der Waals surface area contributed by atoms with Gasteiger partial charge in [0.2, 0.25) is 0 Å². The van der Waals surface area contributed by atoms with Gasteiger partial charge in [-0.05, 0) is 142 Å². The summed E-state index contributed by atoms with van der Waals surface area (Å²) in [5.41, 5.74) is 0. The average Bonchev–Trinajstić information content (AvgIpc) is 3.01. The SMILES string of the molecule is CCCC(C)C(=O)[O-].CCCCCC(=O)[O-].CCCCCCC(=O)[O-].CC[NH+](C(C)C)C(C)C.CC[NH+](C(C)C)C(C)C.CC[NH+](C(C)C)C(C)C. The highest BCUT2D eigenvalue weighted by molar-refractivity contribution is 5.66. The van der Waals surface area contributed by atoms with Gasteiger partial charge in [0.15, 0.2) is 0 Å². The van der Waals surface area contributed by atoms with E-state index in [1.54, 1.807) is 21.6 Å². The highest BCUT2D eigenvalue weighted by Gasteiger charge is 2.14. The molecule has 0 amide bonds. The lowest BCUT2D eigenvalue weighted by atomic mass is 10.1. The van der Waals surface area contributed by atoms with Crippen LogP contribution in [0.15, 0.2) is 0 Å². The van der Waals surface area contributed by atoms with Gasteiger partial charge in [-0.2, -0.15) is 0 Å². The van der Waals surface area contributed by atoms with E-state index in [1.807, 2.05) is 13.8 Å². The van der Waals surface area contributed by atoms with E-state index in [-0.39, 0.29) is 18.8 Å². The second kappa shape index (κ2) is 43.7. The van der Waals surface area contributed by atoms with Crippen molar-refractivity contribution in [2.24, 2.45) is 5.92 Å². The summed E-state index contributed by atoms with van der Waals surface area (Å²) in [7, 11) is 0. The van der Waals surface area contributed by atoms with Crippen LogP contribution in [-0.4, -0.2) is 73.8 Å². The molecule has 0 saturated heterocycles. The average molecular weight is 750 g/mol. The summed E-state index contributed by atoms with van der Waals surface area (Å²) in [5, 5.41) is 29.6. The maximum atomic E-state index is 9.98. The van der Waals surface area contributed by atoms with Gasteiger partial charge >= 0.3 is 0 Å². The molecule has 318 valence electrons. The first kappa shape index (κ1) is 62.3. The molecule has 3 N–H and O–H groups in total. The van der Waals surface area contributed by atoms with Crippen molar-refractivity contribution < 1.29 is 44.4 Å². The summed E-state index contributed by atoms with van der Waals surface area (Å²) in [5.74, 6) is -3.07. The third-order valence-electron chi connectivity index (χ3n) is 9.02. The Morgan fingerprint density at radius 2 is 0.654 bits per heavy atom. The first-order valence-corrected chi connectivity index (χ1v) is 21.2. The van der Waals surface area contributed by atoms with Crippen LogP contribution in [0, 0.1) is 5.92 Å². The van der Waals surface area contributed by atoms with E-state index in [2.05, 4.69) is 111 Å². The van der Waals surface area contributed by atoms with Crippen LogP contribution >= 0.6 is 0 Å². The fraction of sp³-hybridized carbons (Fsp3) is 0.930. The van der Waals surface area contributed by atoms with Crippen LogP contribution in [0.5, 0.6) is 0 Å². The van der Waals surface area contributed by atoms with Gasteiger partial charge < -0.3 is 44.4 Å². The topological polar surface area (TPSA) is 134 Å². The minimum Gasteiger partial charge on any atom is -0.550 e. The largest absolute Gasteiger partial charge is 0.550 e. The lowest BCUT2D eigenvalue weighted by Gasteiger charge is -2.25. The summed E-state index contributed by atoms with van der Waals surface area (Å²) in [6.07, 6.45) is 8.96. The smallest absolute Gasteiger partial charge is 0.0819 e. The molecule has 0 aromatic rings. The van der Waals surface area contributed by atoms with Gasteiger partial charge in [-0.25, -0.2) is 0 Å². The number of carboxylic acid groups (broad SMARTS) is 3. The zero-order chi connectivity index (χ0) is 42.4. The molecule has 52 heavy (non-hydrogen) atoms. The molecule has 9 heteroatoms. The molecule has 0 bridgehead atoms. The number of unbranched alkanes of at least 4 members (excludes halogenated alkanes) is 5. The minimum absolute atomic E-state index is 0.216. The predicted octanol–water partition coefficient (Wildman–Crippen LogP) is 3.32. The summed E-state index contributed by atoms with van der Waals surface area (Å²) < 4.78 is 0. The molecule has 9 nitrogen and oxygen atoms in total. The highest BCUT2D eigenvalue weighted by atomic mass is 16.4. The third-order valence-corrected chi connectivity index (χ3v) is 9.02. The Morgan fingerprint density at radius 1 is 0.404 bits per heavy atom. The van der Waals surface area contributed by atoms with E-state index < -0.39 is 17.9 Å². The van der Waals surface area contributed by atoms with Crippen LogP contribution in [-0.2, 0) is 14.4 Å². The number of carbonyl (C=O) groups excluding carboxylic acids is 3. The van der Waals surface area contributed by atoms with E-state index >= 15 is 0 Å². The van der Waals surface area contributed by atoms with Gasteiger partial charge in [-0.3, -0.25) is 0 Å². The zero-order valence-electron chi connectivity index (χ0n) is 38.4. The first-order valence-electron chi connectivity index (χ1n) is 21.2. The fourth-order valence-corrected chi connectivity index (χ4v) is 6.22. The first-order chi connectivity index (χ1) is 24.0. The molecule has 0 aliphatic carbocycles. The van der Waals surface area contributed by atoms with E-state index in [4.69, 9.17) is 0 Å². The molecular weight excluding hydrogens is 654 g/mol. The number of rotatable bonds is 21. The van der Waals surface area contributed by atoms with Gasteiger partial charge in [0.25, 0.3) is 0 Å². The summed E-state index contributed by atoms with van der Waals surface area (Å²) in [4.78, 5) is 34.7. The highest BCUT2D eigenvalue weighted by Crippen LogP contribution is 2.02. The molecule has 0 aromatic heterocycles. The normalized spacial score (nSPS) is 11.3. The van der Waals surface area contributed by atoms with E-state index in [0.717, 1.165) is 94.0 Å². The summed E-state index contributed by atoms with van der Waals surface area (Å²) >= 11 is 0. The van der Waals surface area contributed by atoms with E-state index in [9.17, 15) is 29.7 Å². The molecule has 0 heterocycles. The van der Waals surface area contributed by atoms with Crippen molar-refractivity contribution >= 4 is 17.9 Å². The molecule has 0 radical (unpaired) electrons. The number of carbonyl (C=O) groups is 3. The predicted molar refractivity (Wildman–Crippen MR) is 217 cm³/mol. The Kier molecular flexibility index (Phi) is 52.3. The quantitative estimate of drug-likeness (QED) is 0.154. The van der Waals surface area contributed by atoms with Crippen LogP contribution in [0.25, 0.3) is 0 Å².